The molecule has 0 aliphatic rings. The van der Waals surface area contributed by atoms with Crippen molar-refractivity contribution in [3.8, 4) is 5.75 Å². The Hall–Kier alpha value is -3.22. The number of rotatable bonds is 8. The number of nitrogens with zero attached hydrogens (tertiary/aromatic N) is 1. The van der Waals surface area contributed by atoms with Crippen LogP contribution in [0, 0.1) is 5.41 Å². The monoisotopic (exact) mass is 356 g/mol. The predicted octanol–water partition coefficient (Wildman–Crippen LogP) is 2.67. The molecule has 2 aromatic rings. The lowest BCUT2D eigenvalue weighted by Crippen LogP contribution is -2.21. The molecule has 0 aromatic heterocycles. The van der Waals surface area contributed by atoms with E-state index in [9.17, 15) is 9.90 Å². The summed E-state index contributed by atoms with van der Waals surface area (Å²) < 4.78 is 5.61. The fourth-order valence-corrected chi connectivity index (χ4v) is 2.54. The fraction of sp³-hybridized carbons (Fsp3) is 0.263. The smallest absolute Gasteiger partial charge is 0.330 e. The third-order valence-corrected chi connectivity index (χ3v) is 3.85. The van der Waals surface area contributed by atoms with Gasteiger partial charge in [-0.2, -0.15) is 0 Å². The molecular formula is C19H24N4O3. The summed E-state index contributed by atoms with van der Waals surface area (Å²) in [7, 11) is 3.76. The predicted molar refractivity (Wildman–Crippen MR) is 103 cm³/mol. The normalized spacial score (nSPS) is 11.5. The Morgan fingerprint density at radius 3 is 2.42 bits per heavy atom. The van der Waals surface area contributed by atoms with Gasteiger partial charge in [-0.25, -0.2) is 4.79 Å². The number of carboxylic acids is 1. The van der Waals surface area contributed by atoms with E-state index in [4.69, 9.17) is 15.9 Å². The van der Waals surface area contributed by atoms with E-state index < -0.39 is 12.0 Å². The number of carbonyl (C=O) groups is 1. The first-order valence-corrected chi connectivity index (χ1v) is 8.21. The maximum absolute atomic E-state index is 11.8. The molecule has 0 heterocycles. The maximum atomic E-state index is 11.8. The third-order valence-electron chi connectivity index (χ3n) is 3.85. The van der Waals surface area contributed by atoms with Gasteiger partial charge < -0.3 is 25.8 Å². The second-order valence-corrected chi connectivity index (χ2v) is 5.96. The van der Waals surface area contributed by atoms with Crippen LogP contribution in [0.2, 0.25) is 0 Å². The highest BCUT2D eigenvalue weighted by Gasteiger charge is 2.21. The molecule has 0 aliphatic heterocycles. The Kier molecular flexibility index (Phi) is 6.06. The third kappa shape index (κ3) is 4.44. The minimum Gasteiger partial charge on any atom is -0.492 e. The van der Waals surface area contributed by atoms with Crippen LogP contribution < -0.4 is 20.7 Å². The first-order chi connectivity index (χ1) is 12.3. The molecule has 2 aromatic carbocycles. The lowest BCUT2D eigenvalue weighted by atomic mass is 10.0. The SMILES string of the molecule is CCOc1ccc(C(Nc2ccc(C(=N)N)cc2)C(=O)O)cc1N(C)C. The minimum absolute atomic E-state index is 0.0338. The number of benzene rings is 2. The van der Waals surface area contributed by atoms with E-state index in [2.05, 4.69) is 5.32 Å². The quantitative estimate of drug-likeness (QED) is 0.427. The molecule has 138 valence electrons. The van der Waals surface area contributed by atoms with Gasteiger partial charge >= 0.3 is 5.97 Å². The van der Waals surface area contributed by atoms with Crippen LogP contribution in [0.15, 0.2) is 42.5 Å². The number of nitrogen functional groups attached to an aromatic ring is 1. The zero-order valence-corrected chi connectivity index (χ0v) is 15.1. The molecule has 2 rings (SSSR count). The molecule has 7 nitrogen and oxygen atoms in total. The van der Waals surface area contributed by atoms with E-state index in [-0.39, 0.29) is 5.84 Å². The lowest BCUT2D eigenvalue weighted by molar-refractivity contribution is -0.138. The standard InChI is InChI=1S/C19H24N4O3/c1-4-26-16-10-7-13(11-15(16)23(2)3)17(19(24)25)22-14-8-5-12(6-9-14)18(20)21/h5-11,17,22H,4H2,1-3H3,(H3,20,21)(H,24,25). The highest BCUT2D eigenvalue weighted by Crippen LogP contribution is 2.31. The number of nitrogens with one attached hydrogen (secondary N) is 2. The van der Waals surface area contributed by atoms with Gasteiger partial charge in [0.15, 0.2) is 6.04 Å². The molecule has 0 spiro atoms. The maximum Gasteiger partial charge on any atom is 0.330 e. The topological polar surface area (TPSA) is 112 Å². The van der Waals surface area contributed by atoms with Crippen molar-refractivity contribution in [1.82, 2.24) is 0 Å². The van der Waals surface area contributed by atoms with Crippen molar-refractivity contribution >= 4 is 23.2 Å². The Morgan fingerprint density at radius 2 is 1.92 bits per heavy atom. The first-order valence-electron chi connectivity index (χ1n) is 8.21. The average Bonchev–Trinajstić information content (AvgIpc) is 2.60. The average molecular weight is 356 g/mol. The van der Waals surface area contributed by atoms with Gasteiger partial charge in [-0.15, -0.1) is 0 Å². The van der Waals surface area contributed by atoms with Gasteiger partial charge in [0, 0.05) is 25.3 Å². The second kappa shape index (κ2) is 8.24. The van der Waals surface area contributed by atoms with E-state index in [1.54, 1.807) is 42.5 Å². The zero-order valence-electron chi connectivity index (χ0n) is 15.1. The molecular weight excluding hydrogens is 332 g/mol. The van der Waals surface area contributed by atoms with E-state index in [1.165, 1.54) is 0 Å². The molecule has 0 aliphatic carbocycles. The summed E-state index contributed by atoms with van der Waals surface area (Å²) >= 11 is 0. The highest BCUT2D eigenvalue weighted by atomic mass is 16.5. The van der Waals surface area contributed by atoms with E-state index in [1.807, 2.05) is 25.9 Å². The zero-order chi connectivity index (χ0) is 19.3. The van der Waals surface area contributed by atoms with Gasteiger partial charge in [0.1, 0.15) is 11.6 Å². The van der Waals surface area contributed by atoms with Gasteiger partial charge in [-0.1, -0.05) is 6.07 Å². The van der Waals surface area contributed by atoms with E-state index in [0.717, 1.165) is 5.69 Å². The van der Waals surface area contributed by atoms with Crippen LogP contribution >= 0.6 is 0 Å². The molecule has 0 bridgehead atoms. The summed E-state index contributed by atoms with van der Waals surface area (Å²) in [6, 6.07) is 11.2. The van der Waals surface area contributed by atoms with Crippen LogP contribution in [0.4, 0.5) is 11.4 Å². The molecule has 26 heavy (non-hydrogen) atoms. The molecule has 0 radical (unpaired) electrons. The number of anilines is 2. The van der Waals surface area contributed by atoms with E-state index >= 15 is 0 Å². The van der Waals surface area contributed by atoms with Crippen LogP contribution in [-0.2, 0) is 4.79 Å². The number of ether oxygens (including phenoxy) is 1. The highest BCUT2D eigenvalue weighted by molar-refractivity contribution is 5.95. The first kappa shape index (κ1) is 19.1. The van der Waals surface area contributed by atoms with Crippen LogP contribution in [0.5, 0.6) is 5.75 Å². The number of hydrogen-bond acceptors (Lipinski definition) is 5. The fourth-order valence-electron chi connectivity index (χ4n) is 2.54. The van der Waals surface area contributed by atoms with Crippen molar-refractivity contribution in [1.29, 1.82) is 5.41 Å². The van der Waals surface area contributed by atoms with Crippen LogP contribution in [0.1, 0.15) is 24.1 Å². The summed E-state index contributed by atoms with van der Waals surface area (Å²) in [5.41, 5.74) is 8.07. The summed E-state index contributed by atoms with van der Waals surface area (Å²) in [6.07, 6.45) is 0. The molecule has 5 N–H and O–H groups in total. The summed E-state index contributed by atoms with van der Waals surface area (Å²) in [4.78, 5) is 13.7. The van der Waals surface area contributed by atoms with Gasteiger partial charge in [-0.05, 0) is 48.9 Å². The van der Waals surface area contributed by atoms with E-state index in [0.29, 0.717) is 29.2 Å². The summed E-state index contributed by atoms with van der Waals surface area (Å²) in [5.74, 6) is -0.320. The summed E-state index contributed by atoms with van der Waals surface area (Å²) in [6.45, 7) is 2.43. The molecule has 0 saturated carbocycles. The number of hydrogen-bond donors (Lipinski definition) is 4. The second-order valence-electron chi connectivity index (χ2n) is 5.96. The molecule has 0 fully saturated rings. The van der Waals surface area contributed by atoms with Gasteiger partial charge in [0.25, 0.3) is 0 Å². The van der Waals surface area contributed by atoms with Gasteiger partial charge in [0.05, 0.1) is 12.3 Å². The molecule has 0 amide bonds. The molecule has 0 saturated heterocycles. The van der Waals surface area contributed by atoms with Gasteiger partial charge in [-0.3, -0.25) is 5.41 Å². The molecule has 1 atom stereocenters. The largest absolute Gasteiger partial charge is 0.492 e. The number of carboxylic acid groups (broad SMARTS) is 1. The Balaban J connectivity index is 2.33. The minimum atomic E-state index is -0.991. The Bertz CT molecular complexity index is 788. The van der Waals surface area contributed by atoms with Crippen LogP contribution in [0.3, 0.4) is 0 Å². The molecule has 1 unspecified atom stereocenters. The van der Waals surface area contributed by atoms with Crippen molar-refractivity contribution < 1.29 is 14.6 Å². The number of aliphatic carboxylic acids is 1. The van der Waals surface area contributed by atoms with Gasteiger partial charge in [0.2, 0.25) is 0 Å². The number of amidine groups is 1. The van der Waals surface area contributed by atoms with Crippen LogP contribution in [-0.4, -0.2) is 37.6 Å². The van der Waals surface area contributed by atoms with Crippen molar-refractivity contribution in [3.05, 3.63) is 53.6 Å². The van der Waals surface area contributed by atoms with Crippen molar-refractivity contribution in [2.75, 3.05) is 30.9 Å². The van der Waals surface area contributed by atoms with Crippen molar-refractivity contribution in [2.24, 2.45) is 5.73 Å². The van der Waals surface area contributed by atoms with Crippen molar-refractivity contribution in [2.45, 2.75) is 13.0 Å². The lowest BCUT2D eigenvalue weighted by Gasteiger charge is -2.22. The number of nitrogens with two attached hydrogens (primary N) is 1. The Morgan fingerprint density at radius 1 is 1.27 bits per heavy atom. The summed E-state index contributed by atoms with van der Waals surface area (Å²) in [5, 5.41) is 20.1. The molecule has 7 heteroatoms. The van der Waals surface area contributed by atoms with Crippen molar-refractivity contribution in [3.63, 3.8) is 0 Å². The Labute approximate surface area is 152 Å². The van der Waals surface area contributed by atoms with Crippen LogP contribution in [0.25, 0.3) is 0 Å².